The summed E-state index contributed by atoms with van der Waals surface area (Å²) in [6.07, 6.45) is 3.92. The fourth-order valence-corrected chi connectivity index (χ4v) is 2.28. The van der Waals surface area contributed by atoms with Gasteiger partial charge in [0.25, 0.3) is 0 Å². The van der Waals surface area contributed by atoms with Crippen molar-refractivity contribution in [1.82, 2.24) is 4.90 Å². The van der Waals surface area contributed by atoms with Crippen molar-refractivity contribution in [3.05, 3.63) is 35.4 Å². The van der Waals surface area contributed by atoms with Crippen LogP contribution < -0.4 is 5.73 Å². The number of nitrogens with two attached hydrogens (primary N) is 1. The second kappa shape index (κ2) is 5.46. The zero-order valence-electron chi connectivity index (χ0n) is 10.2. The van der Waals surface area contributed by atoms with E-state index >= 15 is 0 Å². The van der Waals surface area contributed by atoms with E-state index in [1.165, 1.54) is 50.0 Å². The van der Waals surface area contributed by atoms with E-state index < -0.39 is 0 Å². The Morgan fingerprint density at radius 2 is 1.81 bits per heavy atom. The summed E-state index contributed by atoms with van der Waals surface area (Å²) in [6.45, 7) is 5.81. The van der Waals surface area contributed by atoms with Crippen molar-refractivity contribution < 1.29 is 0 Å². The molecule has 2 rings (SSSR count). The van der Waals surface area contributed by atoms with Gasteiger partial charge in [0.15, 0.2) is 0 Å². The van der Waals surface area contributed by atoms with Gasteiger partial charge in [0.1, 0.15) is 0 Å². The molecule has 0 bridgehead atoms. The molecular weight excluding hydrogens is 196 g/mol. The third-order valence-corrected chi connectivity index (χ3v) is 3.42. The van der Waals surface area contributed by atoms with E-state index in [1.54, 1.807) is 0 Å². The number of hydrogen-bond acceptors (Lipinski definition) is 2. The van der Waals surface area contributed by atoms with E-state index in [4.69, 9.17) is 5.73 Å². The van der Waals surface area contributed by atoms with Gasteiger partial charge in [-0.25, -0.2) is 0 Å². The number of benzene rings is 1. The third kappa shape index (κ3) is 3.06. The standard InChI is InChI=1S/C14H22N2/c1-12(15)14-6-4-13(5-7-14)8-11-16-9-2-3-10-16/h4-7,12H,2-3,8-11,15H2,1H3. The predicted octanol–water partition coefficient (Wildman–Crippen LogP) is 2.34. The lowest BCUT2D eigenvalue weighted by Crippen LogP contribution is -2.21. The Bertz CT molecular complexity index is 310. The summed E-state index contributed by atoms with van der Waals surface area (Å²) < 4.78 is 0. The first-order valence-corrected chi connectivity index (χ1v) is 6.32. The quantitative estimate of drug-likeness (QED) is 0.840. The summed E-state index contributed by atoms with van der Waals surface area (Å²) in [5, 5.41) is 0. The summed E-state index contributed by atoms with van der Waals surface area (Å²) in [5.74, 6) is 0. The molecule has 1 fully saturated rings. The van der Waals surface area contributed by atoms with Gasteiger partial charge in [0, 0.05) is 12.6 Å². The van der Waals surface area contributed by atoms with Crippen molar-refractivity contribution in [3.8, 4) is 0 Å². The maximum atomic E-state index is 5.83. The Labute approximate surface area is 98.4 Å². The van der Waals surface area contributed by atoms with Crippen LogP contribution in [0, 0.1) is 0 Å². The molecule has 0 amide bonds. The monoisotopic (exact) mass is 218 g/mol. The molecule has 1 atom stereocenters. The number of hydrogen-bond donors (Lipinski definition) is 1. The highest BCUT2D eigenvalue weighted by molar-refractivity contribution is 5.24. The first kappa shape index (κ1) is 11.6. The Morgan fingerprint density at radius 1 is 1.19 bits per heavy atom. The molecule has 16 heavy (non-hydrogen) atoms. The van der Waals surface area contributed by atoms with Crippen LogP contribution in [0.2, 0.25) is 0 Å². The minimum absolute atomic E-state index is 0.146. The van der Waals surface area contributed by atoms with Gasteiger partial charge in [-0.2, -0.15) is 0 Å². The van der Waals surface area contributed by atoms with Crippen LogP contribution in [-0.2, 0) is 6.42 Å². The molecule has 88 valence electrons. The summed E-state index contributed by atoms with van der Waals surface area (Å²) >= 11 is 0. The topological polar surface area (TPSA) is 29.3 Å². The minimum atomic E-state index is 0.146. The van der Waals surface area contributed by atoms with Crippen LogP contribution in [0.4, 0.5) is 0 Å². The van der Waals surface area contributed by atoms with E-state index in [1.807, 2.05) is 6.92 Å². The van der Waals surface area contributed by atoms with Crippen LogP contribution in [0.1, 0.15) is 36.9 Å². The zero-order valence-corrected chi connectivity index (χ0v) is 10.2. The van der Waals surface area contributed by atoms with Gasteiger partial charge in [-0.1, -0.05) is 24.3 Å². The molecule has 1 aromatic carbocycles. The van der Waals surface area contributed by atoms with Crippen LogP contribution in [0.15, 0.2) is 24.3 Å². The average molecular weight is 218 g/mol. The molecule has 1 aromatic rings. The first-order valence-electron chi connectivity index (χ1n) is 6.32. The van der Waals surface area contributed by atoms with Crippen molar-refractivity contribution >= 4 is 0 Å². The Balaban J connectivity index is 1.84. The molecule has 1 aliphatic heterocycles. The Hall–Kier alpha value is -0.860. The van der Waals surface area contributed by atoms with Crippen molar-refractivity contribution in [1.29, 1.82) is 0 Å². The average Bonchev–Trinajstić information content (AvgIpc) is 2.80. The molecule has 1 heterocycles. The van der Waals surface area contributed by atoms with Gasteiger partial charge in [0.05, 0.1) is 0 Å². The molecule has 0 radical (unpaired) electrons. The normalized spacial score (nSPS) is 18.9. The van der Waals surface area contributed by atoms with E-state index in [0.717, 1.165) is 0 Å². The van der Waals surface area contributed by atoms with Crippen molar-refractivity contribution in [2.45, 2.75) is 32.2 Å². The lowest BCUT2D eigenvalue weighted by atomic mass is 10.1. The van der Waals surface area contributed by atoms with Gasteiger partial charge in [0.2, 0.25) is 0 Å². The molecular formula is C14H22N2. The van der Waals surface area contributed by atoms with E-state index in [2.05, 4.69) is 29.2 Å². The van der Waals surface area contributed by atoms with E-state index in [0.29, 0.717) is 0 Å². The van der Waals surface area contributed by atoms with Crippen molar-refractivity contribution in [3.63, 3.8) is 0 Å². The predicted molar refractivity (Wildman–Crippen MR) is 68.4 cm³/mol. The second-order valence-corrected chi connectivity index (χ2v) is 4.83. The SMILES string of the molecule is CC(N)c1ccc(CCN2CCCC2)cc1. The maximum absolute atomic E-state index is 5.83. The van der Waals surface area contributed by atoms with Crippen molar-refractivity contribution in [2.75, 3.05) is 19.6 Å². The fourth-order valence-electron chi connectivity index (χ4n) is 2.28. The van der Waals surface area contributed by atoms with Crippen LogP contribution in [-0.4, -0.2) is 24.5 Å². The summed E-state index contributed by atoms with van der Waals surface area (Å²) in [7, 11) is 0. The van der Waals surface area contributed by atoms with Crippen molar-refractivity contribution in [2.24, 2.45) is 5.73 Å². The fraction of sp³-hybridized carbons (Fsp3) is 0.571. The van der Waals surface area contributed by atoms with Gasteiger partial charge in [-0.3, -0.25) is 0 Å². The molecule has 2 nitrogen and oxygen atoms in total. The Kier molecular flexibility index (Phi) is 3.97. The smallest absolute Gasteiger partial charge is 0.0266 e. The minimum Gasteiger partial charge on any atom is -0.324 e. The molecule has 2 N–H and O–H groups in total. The summed E-state index contributed by atoms with van der Waals surface area (Å²) in [4.78, 5) is 2.56. The van der Waals surface area contributed by atoms with E-state index in [-0.39, 0.29) is 6.04 Å². The third-order valence-electron chi connectivity index (χ3n) is 3.42. The second-order valence-electron chi connectivity index (χ2n) is 4.83. The molecule has 1 saturated heterocycles. The summed E-state index contributed by atoms with van der Waals surface area (Å²) in [5.41, 5.74) is 8.48. The van der Waals surface area contributed by atoms with Crippen LogP contribution in [0.25, 0.3) is 0 Å². The molecule has 1 unspecified atom stereocenters. The van der Waals surface area contributed by atoms with Crippen LogP contribution in [0.3, 0.4) is 0 Å². The molecule has 0 spiro atoms. The van der Waals surface area contributed by atoms with Gasteiger partial charge in [-0.05, 0) is 50.4 Å². The zero-order chi connectivity index (χ0) is 11.4. The molecule has 0 saturated carbocycles. The summed E-state index contributed by atoms with van der Waals surface area (Å²) in [6, 6.07) is 8.89. The highest BCUT2D eigenvalue weighted by Crippen LogP contribution is 2.13. The van der Waals surface area contributed by atoms with Gasteiger partial charge >= 0.3 is 0 Å². The number of rotatable bonds is 4. The first-order chi connectivity index (χ1) is 7.75. The largest absolute Gasteiger partial charge is 0.324 e. The van der Waals surface area contributed by atoms with Crippen LogP contribution >= 0.6 is 0 Å². The molecule has 1 aliphatic rings. The van der Waals surface area contributed by atoms with Crippen LogP contribution in [0.5, 0.6) is 0 Å². The highest BCUT2D eigenvalue weighted by Gasteiger charge is 2.10. The molecule has 0 aliphatic carbocycles. The lowest BCUT2D eigenvalue weighted by molar-refractivity contribution is 0.343. The molecule has 2 heteroatoms. The maximum Gasteiger partial charge on any atom is 0.0266 e. The number of likely N-dealkylation sites (tertiary alicyclic amines) is 1. The van der Waals surface area contributed by atoms with Gasteiger partial charge < -0.3 is 10.6 Å². The molecule has 0 aromatic heterocycles. The highest BCUT2D eigenvalue weighted by atomic mass is 15.1. The lowest BCUT2D eigenvalue weighted by Gasteiger charge is -2.14. The van der Waals surface area contributed by atoms with Gasteiger partial charge in [-0.15, -0.1) is 0 Å². The Morgan fingerprint density at radius 3 is 2.38 bits per heavy atom. The number of nitrogens with zero attached hydrogens (tertiary/aromatic N) is 1. The van der Waals surface area contributed by atoms with E-state index in [9.17, 15) is 0 Å².